The fraction of sp³-hybridized carbons (Fsp3) is 0.417. The number of hydrogen-bond acceptors (Lipinski definition) is 3. The molecule has 0 aromatic heterocycles. The second-order valence-electron chi connectivity index (χ2n) is 4.70. The number of hydrogen-bond donors (Lipinski definition) is 3. The molecule has 0 unspecified atom stereocenters. The van der Waals surface area contributed by atoms with Gasteiger partial charge in [-0.2, -0.15) is 0 Å². The number of nitrogens with zero attached hydrogens (tertiary/aromatic N) is 1. The van der Waals surface area contributed by atoms with Crippen LogP contribution >= 0.6 is 15.9 Å². The largest absolute Gasteiger partial charge is 0.394 e. The third kappa shape index (κ3) is 2.64. The smallest absolute Gasteiger partial charge is 0.161 e. The zero-order chi connectivity index (χ0) is 14.1. The second-order valence-corrected chi connectivity index (χ2v) is 5.50. The number of halogens is 2. The summed E-state index contributed by atoms with van der Waals surface area (Å²) in [6.45, 7) is 3.51. The quantitative estimate of drug-likeness (QED) is 0.588. The Hall–Kier alpha value is -1.14. The number of likely N-dealkylation sites (N-methyl/N-ethyl adjacent to an activating group) is 1. The summed E-state index contributed by atoms with van der Waals surface area (Å²) in [5.74, 6) is -0.692. The van der Waals surface area contributed by atoms with Crippen LogP contribution in [-0.2, 0) is 0 Å². The number of nitrogens with two attached hydrogens (primary N) is 1. The summed E-state index contributed by atoms with van der Waals surface area (Å²) in [6, 6.07) is 3.13. The van der Waals surface area contributed by atoms with Gasteiger partial charge in [0.25, 0.3) is 0 Å². The van der Waals surface area contributed by atoms with Crippen LogP contribution in [0.1, 0.15) is 19.4 Å². The Kier molecular flexibility index (Phi) is 4.34. The summed E-state index contributed by atoms with van der Waals surface area (Å²) in [5, 5.41) is 16.6. The first kappa shape index (κ1) is 14.9. The highest BCUT2D eigenvalue weighted by atomic mass is 79.9. The number of benzene rings is 1. The molecule has 0 bridgehead atoms. The molecule has 0 spiro atoms. The highest BCUT2D eigenvalue weighted by molar-refractivity contribution is 9.10. The van der Waals surface area contributed by atoms with E-state index in [1.54, 1.807) is 37.9 Å². The first-order chi connectivity index (χ1) is 8.22. The van der Waals surface area contributed by atoms with Crippen molar-refractivity contribution < 1.29 is 9.50 Å². The van der Waals surface area contributed by atoms with Crippen LogP contribution in [0.15, 0.2) is 16.6 Å². The molecule has 0 heterocycles. The highest BCUT2D eigenvalue weighted by Gasteiger charge is 2.26. The number of amidine groups is 1. The Morgan fingerprint density at radius 1 is 1.56 bits per heavy atom. The molecule has 0 aliphatic carbocycles. The lowest BCUT2D eigenvalue weighted by molar-refractivity contribution is 0.215. The molecule has 0 aliphatic heterocycles. The molecule has 0 atom stereocenters. The van der Waals surface area contributed by atoms with Crippen molar-refractivity contribution in [2.45, 2.75) is 19.4 Å². The lowest BCUT2D eigenvalue weighted by Crippen LogP contribution is -2.44. The van der Waals surface area contributed by atoms with Gasteiger partial charge in [0.1, 0.15) is 5.84 Å². The topological polar surface area (TPSA) is 73.3 Å². The fourth-order valence-electron chi connectivity index (χ4n) is 1.44. The van der Waals surface area contributed by atoms with Crippen LogP contribution in [0.4, 0.5) is 10.1 Å². The molecule has 0 saturated heterocycles. The Labute approximate surface area is 114 Å². The summed E-state index contributed by atoms with van der Waals surface area (Å²) < 4.78 is 14.4. The van der Waals surface area contributed by atoms with Crippen LogP contribution in [-0.4, -0.2) is 30.1 Å². The second kappa shape index (κ2) is 5.24. The normalized spacial score (nSPS) is 11.4. The molecule has 18 heavy (non-hydrogen) atoms. The summed E-state index contributed by atoms with van der Waals surface area (Å²) in [4.78, 5) is 1.65. The molecular weight excluding hydrogens is 301 g/mol. The van der Waals surface area contributed by atoms with Gasteiger partial charge >= 0.3 is 0 Å². The third-order valence-electron chi connectivity index (χ3n) is 3.01. The number of anilines is 1. The van der Waals surface area contributed by atoms with Crippen LogP contribution in [0.5, 0.6) is 0 Å². The van der Waals surface area contributed by atoms with E-state index in [1.165, 1.54) is 0 Å². The molecule has 0 amide bonds. The monoisotopic (exact) mass is 317 g/mol. The minimum Gasteiger partial charge on any atom is -0.394 e. The van der Waals surface area contributed by atoms with Crippen molar-refractivity contribution in [3.8, 4) is 0 Å². The molecule has 1 rings (SSSR count). The van der Waals surface area contributed by atoms with Crippen LogP contribution in [0, 0.1) is 11.2 Å². The Morgan fingerprint density at radius 3 is 2.56 bits per heavy atom. The van der Waals surface area contributed by atoms with E-state index in [1.807, 2.05) is 0 Å². The van der Waals surface area contributed by atoms with E-state index < -0.39 is 11.4 Å². The summed E-state index contributed by atoms with van der Waals surface area (Å²) in [5.41, 5.74) is 5.42. The van der Waals surface area contributed by atoms with Gasteiger partial charge in [0.15, 0.2) is 5.82 Å². The standard InChI is InChI=1S/C12H17BrFN3O/c1-12(2,6-18)17(3)8-5-4-7(11(15)16)9(13)10(8)14/h4-5,18H,6H2,1-3H3,(H3,15,16). The van der Waals surface area contributed by atoms with E-state index in [9.17, 15) is 9.50 Å². The highest BCUT2D eigenvalue weighted by Crippen LogP contribution is 2.31. The fourth-order valence-corrected chi connectivity index (χ4v) is 1.99. The van der Waals surface area contributed by atoms with Crippen LogP contribution in [0.2, 0.25) is 0 Å². The zero-order valence-corrected chi connectivity index (χ0v) is 12.2. The van der Waals surface area contributed by atoms with Crippen molar-refractivity contribution in [2.75, 3.05) is 18.6 Å². The summed E-state index contributed by atoms with van der Waals surface area (Å²) in [6.07, 6.45) is 0. The average molecular weight is 318 g/mol. The van der Waals surface area contributed by atoms with E-state index in [2.05, 4.69) is 15.9 Å². The molecule has 0 aliphatic rings. The van der Waals surface area contributed by atoms with Gasteiger partial charge in [-0.15, -0.1) is 0 Å². The van der Waals surface area contributed by atoms with E-state index in [4.69, 9.17) is 11.1 Å². The molecule has 100 valence electrons. The predicted molar refractivity (Wildman–Crippen MR) is 74.7 cm³/mol. The molecular formula is C12H17BrFN3O. The number of nitrogen functional groups attached to an aromatic ring is 1. The van der Waals surface area contributed by atoms with Crippen molar-refractivity contribution >= 4 is 27.5 Å². The maximum Gasteiger partial charge on any atom is 0.161 e. The van der Waals surface area contributed by atoms with Gasteiger partial charge in [-0.1, -0.05) is 0 Å². The maximum atomic E-state index is 14.2. The Balaban J connectivity index is 3.29. The van der Waals surface area contributed by atoms with Crippen molar-refractivity contribution in [2.24, 2.45) is 5.73 Å². The summed E-state index contributed by atoms with van der Waals surface area (Å²) in [7, 11) is 1.70. The molecule has 1 aromatic rings. The zero-order valence-electron chi connectivity index (χ0n) is 10.6. The first-order valence-corrected chi connectivity index (χ1v) is 6.18. The van der Waals surface area contributed by atoms with Crippen molar-refractivity contribution in [3.05, 3.63) is 28.0 Å². The molecule has 0 radical (unpaired) electrons. The minimum atomic E-state index is -0.585. The van der Waals surface area contributed by atoms with Gasteiger partial charge < -0.3 is 15.7 Å². The van der Waals surface area contributed by atoms with Crippen LogP contribution in [0.25, 0.3) is 0 Å². The van der Waals surface area contributed by atoms with E-state index in [0.717, 1.165) is 0 Å². The van der Waals surface area contributed by atoms with E-state index in [0.29, 0.717) is 11.3 Å². The lowest BCUT2D eigenvalue weighted by atomic mass is 10.0. The van der Waals surface area contributed by atoms with E-state index in [-0.39, 0.29) is 16.9 Å². The van der Waals surface area contributed by atoms with Gasteiger partial charge in [-0.25, -0.2) is 4.39 Å². The maximum absolute atomic E-state index is 14.2. The Morgan fingerprint density at radius 2 is 2.11 bits per heavy atom. The molecule has 0 fully saturated rings. The number of rotatable bonds is 4. The van der Waals surface area contributed by atoms with Gasteiger partial charge in [0, 0.05) is 12.6 Å². The van der Waals surface area contributed by atoms with Crippen LogP contribution < -0.4 is 10.6 Å². The predicted octanol–water partition coefficient (Wildman–Crippen LogP) is 2.08. The molecule has 4 N–H and O–H groups in total. The number of aliphatic hydroxyl groups is 1. The molecule has 4 nitrogen and oxygen atoms in total. The van der Waals surface area contributed by atoms with Gasteiger partial charge in [-0.05, 0) is 41.9 Å². The first-order valence-electron chi connectivity index (χ1n) is 5.39. The number of nitrogens with one attached hydrogen (secondary N) is 1. The molecule has 1 aromatic carbocycles. The Bertz CT molecular complexity index is 477. The summed E-state index contributed by atoms with van der Waals surface area (Å²) >= 11 is 3.10. The van der Waals surface area contributed by atoms with Gasteiger partial charge in [-0.3, -0.25) is 5.41 Å². The van der Waals surface area contributed by atoms with E-state index >= 15 is 0 Å². The molecule has 6 heteroatoms. The van der Waals surface area contributed by atoms with Gasteiger partial charge in [0.05, 0.1) is 22.3 Å². The van der Waals surface area contributed by atoms with Gasteiger partial charge in [0.2, 0.25) is 0 Å². The SMILES string of the molecule is CN(c1ccc(C(=N)N)c(Br)c1F)C(C)(C)CO. The van der Waals surface area contributed by atoms with Crippen LogP contribution in [0.3, 0.4) is 0 Å². The van der Waals surface area contributed by atoms with Crippen molar-refractivity contribution in [1.29, 1.82) is 5.41 Å². The third-order valence-corrected chi connectivity index (χ3v) is 3.78. The minimum absolute atomic E-state index is 0.102. The van der Waals surface area contributed by atoms with Crippen molar-refractivity contribution in [3.63, 3.8) is 0 Å². The van der Waals surface area contributed by atoms with Crippen molar-refractivity contribution in [1.82, 2.24) is 0 Å². The molecule has 0 saturated carbocycles. The number of aliphatic hydroxyl groups excluding tert-OH is 1. The lowest BCUT2D eigenvalue weighted by Gasteiger charge is -2.36. The average Bonchev–Trinajstić information content (AvgIpc) is 2.31.